The van der Waals surface area contributed by atoms with Crippen LogP contribution in [0.2, 0.25) is 0 Å². The van der Waals surface area contributed by atoms with Crippen molar-refractivity contribution >= 4 is 21.9 Å². The number of ether oxygens (including phenoxy) is 1. The van der Waals surface area contributed by atoms with Gasteiger partial charge < -0.3 is 9.84 Å². The summed E-state index contributed by atoms with van der Waals surface area (Å²) in [5.74, 6) is 0.821. The average Bonchev–Trinajstić information content (AvgIpc) is 2.48. The molecule has 2 rings (SSSR count). The molecule has 21 heavy (non-hydrogen) atoms. The Morgan fingerprint density at radius 1 is 1.43 bits per heavy atom. The van der Waals surface area contributed by atoms with Gasteiger partial charge >= 0.3 is 5.97 Å². The quantitative estimate of drug-likeness (QED) is 0.835. The van der Waals surface area contributed by atoms with Gasteiger partial charge in [-0.25, -0.2) is 0 Å². The summed E-state index contributed by atoms with van der Waals surface area (Å²) in [5.41, 5.74) is 0.458. The van der Waals surface area contributed by atoms with Crippen LogP contribution in [0.4, 0.5) is 0 Å². The fraction of sp³-hybridized carbons (Fsp3) is 0.588. The third-order valence-corrected chi connectivity index (χ3v) is 5.47. The van der Waals surface area contributed by atoms with Gasteiger partial charge in [0, 0.05) is 0 Å². The van der Waals surface area contributed by atoms with E-state index in [0.717, 1.165) is 47.9 Å². The van der Waals surface area contributed by atoms with Crippen molar-refractivity contribution in [3.05, 3.63) is 28.2 Å². The van der Waals surface area contributed by atoms with Crippen molar-refractivity contribution in [3.63, 3.8) is 0 Å². The Bertz CT molecular complexity index is 505. The average molecular weight is 355 g/mol. The molecule has 1 saturated carbocycles. The minimum atomic E-state index is -0.649. The Balaban J connectivity index is 2.17. The van der Waals surface area contributed by atoms with Crippen molar-refractivity contribution < 1.29 is 14.6 Å². The second-order valence-electron chi connectivity index (χ2n) is 6.08. The lowest BCUT2D eigenvalue weighted by molar-refractivity contribution is -0.151. The van der Waals surface area contributed by atoms with Gasteiger partial charge in [-0.3, -0.25) is 4.79 Å². The molecule has 1 aromatic rings. The lowest BCUT2D eigenvalue weighted by Gasteiger charge is -2.36. The summed E-state index contributed by atoms with van der Waals surface area (Å²) in [6.07, 6.45) is 5.38. The van der Waals surface area contributed by atoms with Crippen molar-refractivity contribution in [2.45, 2.75) is 45.4 Å². The van der Waals surface area contributed by atoms with Crippen LogP contribution in [-0.4, -0.2) is 18.2 Å². The summed E-state index contributed by atoms with van der Waals surface area (Å²) < 4.78 is 6.11. The number of methoxy groups -OCH3 is 1. The minimum absolute atomic E-state index is 0.598. The molecule has 1 fully saturated rings. The lowest BCUT2D eigenvalue weighted by Crippen LogP contribution is -2.37. The van der Waals surface area contributed by atoms with E-state index in [1.165, 1.54) is 0 Å². The minimum Gasteiger partial charge on any atom is -0.496 e. The lowest BCUT2D eigenvalue weighted by atomic mass is 9.67. The summed E-state index contributed by atoms with van der Waals surface area (Å²) in [7, 11) is 1.63. The van der Waals surface area contributed by atoms with Crippen LogP contribution in [0.5, 0.6) is 5.75 Å². The Labute approximate surface area is 134 Å². The number of hydrogen-bond donors (Lipinski definition) is 1. The molecule has 0 aromatic heterocycles. The molecule has 1 aromatic carbocycles. The normalized spacial score (nSPS) is 25.6. The predicted octanol–water partition coefficient (Wildman–Crippen LogP) is 4.67. The highest BCUT2D eigenvalue weighted by atomic mass is 79.9. The molecule has 116 valence electrons. The molecule has 0 bridgehead atoms. The van der Waals surface area contributed by atoms with E-state index in [1.807, 2.05) is 18.2 Å². The van der Waals surface area contributed by atoms with E-state index in [4.69, 9.17) is 4.74 Å². The van der Waals surface area contributed by atoms with Crippen LogP contribution in [0.1, 0.15) is 44.6 Å². The van der Waals surface area contributed by atoms with Gasteiger partial charge in [0.05, 0.1) is 17.0 Å². The summed E-state index contributed by atoms with van der Waals surface area (Å²) in [5, 5.41) is 9.74. The number of carboxylic acids is 1. The SMILES string of the molecule is CCC1CCC(Cc2ccc(OC)c(Br)c2)(C(=O)O)CC1. The largest absolute Gasteiger partial charge is 0.496 e. The van der Waals surface area contributed by atoms with Gasteiger partial charge in [-0.2, -0.15) is 0 Å². The molecule has 1 aliphatic rings. The summed E-state index contributed by atoms with van der Waals surface area (Å²) in [6, 6.07) is 5.85. The van der Waals surface area contributed by atoms with Gasteiger partial charge in [0.2, 0.25) is 0 Å². The molecule has 0 atom stereocenters. The molecular formula is C17H23BrO3. The van der Waals surface area contributed by atoms with Gasteiger partial charge in [-0.05, 0) is 71.6 Å². The zero-order chi connectivity index (χ0) is 15.5. The molecule has 1 N–H and O–H groups in total. The van der Waals surface area contributed by atoms with E-state index in [-0.39, 0.29) is 0 Å². The standard InChI is InChI=1S/C17H23BrO3/c1-3-12-6-8-17(9-7-12,16(19)20)11-13-4-5-15(21-2)14(18)10-13/h4-5,10,12H,3,6-9,11H2,1-2H3,(H,19,20). The fourth-order valence-corrected chi connectivity index (χ4v) is 3.90. The molecule has 3 nitrogen and oxygen atoms in total. The summed E-state index contributed by atoms with van der Waals surface area (Å²) >= 11 is 3.48. The third-order valence-electron chi connectivity index (χ3n) is 4.85. The second kappa shape index (κ2) is 6.82. The zero-order valence-corrected chi connectivity index (χ0v) is 14.3. The molecule has 0 radical (unpaired) electrons. The first kappa shape index (κ1) is 16.3. The van der Waals surface area contributed by atoms with Gasteiger partial charge in [-0.15, -0.1) is 0 Å². The van der Waals surface area contributed by atoms with Gasteiger partial charge in [0.25, 0.3) is 0 Å². The van der Waals surface area contributed by atoms with Gasteiger partial charge in [0.15, 0.2) is 0 Å². The maximum absolute atomic E-state index is 11.8. The van der Waals surface area contributed by atoms with Crippen molar-refractivity contribution in [3.8, 4) is 5.75 Å². The van der Waals surface area contributed by atoms with E-state index in [1.54, 1.807) is 7.11 Å². The highest BCUT2D eigenvalue weighted by Gasteiger charge is 2.41. The van der Waals surface area contributed by atoms with Crippen LogP contribution >= 0.6 is 15.9 Å². The number of benzene rings is 1. The molecule has 0 saturated heterocycles. The van der Waals surface area contributed by atoms with Gasteiger partial charge in [-0.1, -0.05) is 19.4 Å². The molecule has 0 aliphatic heterocycles. The molecular weight excluding hydrogens is 332 g/mol. The maximum Gasteiger partial charge on any atom is 0.309 e. The van der Waals surface area contributed by atoms with Crippen LogP contribution < -0.4 is 4.74 Å². The van der Waals surface area contributed by atoms with Crippen LogP contribution in [0.3, 0.4) is 0 Å². The molecule has 4 heteroatoms. The molecule has 1 aliphatic carbocycles. The first-order chi connectivity index (χ1) is 10.0. The van der Waals surface area contributed by atoms with Crippen LogP contribution in [0, 0.1) is 11.3 Å². The number of carboxylic acid groups (broad SMARTS) is 1. The Morgan fingerprint density at radius 2 is 2.10 bits per heavy atom. The first-order valence-corrected chi connectivity index (χ1v) is 8.36. The Morgan fingerprint density at radius 3 is 2.57 bits per heavy atom. The van der Waals surface area contributed by atoms with E-state index in [9.17, 15) is 9.90 Å². The predicted molar refractivity (Wildman–Crippen MR) is 86.7 cm³/mol. The van der Waals surface area contributed by atoms with Gasteiger partial charge in [0.1, 0.15) is 5.75 Å². The van der Waals surface area contributed by atoms with Crippen LogP contribution in [0.25, 0.3) is 0 Å². The smallest absolute Gasteiger partial charge is 0.309 e. The van der Waals surface area contributed by atoms with E-state index >= 15 is 0 Å². The zero-order valence-electron chi connectivity index (χ0n) is 12.7. The van der Waals surface area contributed by atoms with E-state index in [2.05, 4.69) is 22.9 Å². The molecule has 0 unspecified atom stereocenters. The van der Waals surface area contributed by atoms with Crippen LogP contribution in [0.15, 0.2) is 22.7 Å². The van der Waals surface area contributed by atoms with E-state index in [0.29, 0.717) is 12.3 Å². The van der Waals surface area contributed by atoms with E-state index < -0.39 is 11.4 Å². The topological polar surface area (TPSA) is 46.5 Å². The monoisotopic (exact) mass is 354 g/mol. The van der Waals surface area contributed by atoms with Crippen LogP contribution in [-0.2, 0) is 11.2 Å². The third kappa shape index (κ3) is 3.60. The Kier molecular flexibility index (Phi) is 5.31. The molecule has 0 heterocycles. The highest BCUT2D eigenvalue weighted by Crippen LogP contribution is 2.43. The fourth-order valence-electron chi connectivity index (χ4n) is 3.32. The number of hydrogen-bond acceptors (Lipinski definition) is 2. The number of carbonyl (C=O) groups is 1. The molecule has 0 spiro atoms. The van der Waals surface area contributed by atoms with Crippen molar-refractivity contribution in [1.29, 1.82) is 0 Å². The number of aliphatic carboxylic acids is 1. The van der Waals surface area contributed by atoms with Crippen molar-refractivity contribution in [2.24, 2.45) is 11.3 Å². The second-order valence-corrected chi connectivity index (χ2v) is 6.94. The maximum atomic E-state index is 11.8. The summed E-state index contributed by atoms with van der Waals surface area (Å²) in [4.78, 5) is 11.8. The summed E-state index contributed by atoms with van der Waals surface area (Å²) in [6.45, 7) is 2.19. The van der Waals surface area contributed by atoms with Crippen molar-refractivity contribution in [2.75, 3.05) is 7.11 Å². The number of rotatable bonds is 5. The highest BCUT2D eigenvalue weighted by molar-refractivity contribution is 9.10. The Hall–Kier alpha value is -1.03. The van der Waals surface area contributed by atoms with Crippen molar-refractivity contribution in [1.82, 2.24) is 0 Å². The molecule has 0 amide bonds. The number of halogens is 1. The first-order valence-electron chi connectivity index (χ1n) is 7.56.